The van der Waals surface area contributed by atoms with Crippen molar-refractivity contribution in [3.05, 3.63) is 29.8 Å². The van der Waals surface area contributed by atoms with Gasteiger partial charge in [0.2, 0.25) is 5.91 Å². The number of hydrogen-bond acceptors (Lipinski definition) is 2. The zero-order valence-corrected chi connectivity index (χ0v) is 11.9. The van der Waals surface area contributed by atoms with Gasteiger partial charge in [-0.2, -0.15) is 0 Å². The minimum atomic E-state index is -0.292. The Bertz CT molecular complexity index is 421. The summed E-state index contributed by atoms with van der Waals surface area (Å²) in [6.45, 7) is 2.92. The lowest BCUT2D eigenvalue weighted by Crippen LogP contribution is -2.49. The molecule has 0 radical (unpaired) electrons. The smallest absolute Gasteiger partial charge is 0.230 e. The number of carbonyl (C=O) groups is 1. The fourth-order valence-corrected chi connectivity index (χ4v) is 2.64. The monoisotopic (exact) mass is 261 g/mol. The number of ether oxygens (including phenoxy) is 1. The molecule has 1 aliphatic carbocycles. The molecule has 0 aromatic heterocycles. The molecule has 1 saturated carbocycles. The summed E-state index contributed by atoms with van der Waals surface area (Å²) in [6, 6.07) is 7.93. The number of nitrogens with one attached hydrogen (secondary N) is 1. The lowest BCUT2D eigenvalue weighted by atomic mass is 9.64. The van der Waals surface area contributed by atoms with Crippen molar-refractivity contribution in [2.45, 2.75) is 44.4 Å². The number of methoxy groups -OCH3 is 1. The van der Waals surface area contributed by atoms with Crippen LogP contribution >= 0.6 is 0 Å². The van der Waals surface area contributed by atoms with Gasteiger partial charge in [-0.15, -0.1) is 0 Å². The van der Waals surface area contributed by atoms with E-state index in [9.17, 15) is 4.79 Å². The molecule has 104 valence electrons. The lowest BCUT2D eigenvalue weighted by molar-refractivity contribution is -0.129. The Labute approximate surface area is 115 Å². The average molecular weight is 261 g/mol. The molecular weight excluding hydrogens is 238 g/mol. The van der Waals surface area contributed by atoms with Gasteiger partial charge < -0.3 is 10.1 Å². The van der Waals surface area contributed by atoms with Gasteiger partial charge >= 0.3 is 0 Å². The zero-order valence-electron chi connectivity index (χ0n) is 11.9. The fraction of sp³-hybridized carbons (Fsp3) is 0.562. The molecule has 19 heavy (non-hydrogen) atoms. The van der Waals surface area contributed by atoms with E-state index in [0.29, 0.717) is 0 Å². The Morgan fingerprint density at radius 3 is 2.47 bits per heavy atom. The molecule has 0 spiro atoms. The maximum Gasteiger partial charge on any atom is 0.230 e. The van der Waals surface area contributed by atoms with Crippen LogP contribution in [0.4, 0.5) is 0 Å². The van der Waals surface area contributed by atoms with Crippen molar-refractivity contribution in [2.24, 2.45) is 0 Å². The molecule has 1 fully saturated rings. The van der Waals surface area contributed by atoms with E-state index in [1.807, 2.05) is 24.3 Å². The third-order valence-electron chi connectivity index (χ3n) is 4.10. The van der Waals surface area contributed by atoms with Crippen LogP contribution in [0.3, 0.4) is 0 Å². The lowest BCUT2D eigenvalue weighted by Gasteiger charge is -2.40. The summed E-state index contributed by atoms with van der Waals surface area (Å²) in [4.78, 5) is 12.4. The predicted octanol–water partition coefficient (Wildman–Crippen LogP) is 3.03. The second-order valence-corrected chi connectivity index (χ2v) is 5.27. The van der Waals surface area contributed by atoms with E-state index < -0.39 is 0 Å². The Hall–Kier alpha value is -1.51. The van der Waals surface area contributed by atoms with E-state index in [4.69, 9.17) is 4.74 Å². The van der Waals surface area contributed by atoms with Gasteiger partial charge in [0.15, 0.2) is 0 Å². The first-order valence-electron chi connectivity index (χ1n) is 7.16. The maximum atomic E-state index is 12.4. The molecule has 1 N–H and O–H groups in total. The minimum absolute atomic E-state index is 0.192. The molecular formula is C16H23NO2. The molecule has 0 aliphatic heterocycles. The van der Waals surface area contributed by atoms with Gasteiger partial charge in [0.1, 0.15) is 5.75 Å². The highest BCUT2D eigenvalue weighted by Gasteiger charge is 2.45. The minimum Gasteiger partial charge on any atom is -0.497 e. The van der Waals surface area contributed by atoms with E-state index in [2.05, 4.69) is 12.2 Å². The number of amides is 1. The van der Waals surface area contributed by atoms with Crippen LogP contribution in [-0.2, 0) is 10.2 Å². The van der Waals surface area contributed by atoms with Gasteiger partial charge in [0, 0.05) is 6.54 Å². The van der Waals surface area contributed by atoms with Crippen molar-refractivity contribution >= 4 is 5.91 Å². The number of rotatable bonds is 6. The van der Waals surface area contributed by atoms with Crippen molar-refractivity contribution in [2.75, 3.05) is 13.7 Å². The van der Waals surface area contributed by atoms with Crippen LogP contribution in [0.5, 0.6) is 5.75 Å². The molecule has 0 atom stereocenters. The largest absolute Gasteiger partial charge is 0.497 e. The van der Waals surface area contributed by atoms with Crippen LogP contribution in [-0.4, -0.2) is 19.6 Å². The summed E-state index contributed by atoms with van der Waals surface area (Å²) in [6.07, 6.45) is 5.20. The van der Waals surface area contributed by atoms with Gasteiger partial charge in [-0.3, -0.25) is 4.79 Å². The van der Waals surface area contributed by atoms with E-state index >= 15 is 0 Å². The topological polar surface area (TPSA) is 38.3 Å². The number of benzene rings is 1. The Morgan fingerprint density at radius 1 is 1.32 bits per heavy atom. The van der Waals surface area contributed by atoms with Gasteiger partial charge in [-0.05, 0) is 37.0 Å². The molecule has 3 nitrogen and oxygen atoms in total. The summed E-state index contributed by atoms with van der Waals surface area (Å²) in [7, 11) is 1.66. The Kier molecular flexibility index (Phi) is 4.46. The van der Waals surface area contributed by atoms with Gasteiger partial charge in [0.25, 0.3) is 0 Å². The van der Waals surface area contributed by atoms with E-state index in [0.717, 1.165) is 50.0 Å². The summed E-state index contributed by atoms with van der Waals surface area (Å²) >= 11 is 0. The van der Waals surface area contributed by atoms with Crippen LogP contribution in [0, 0.1) is 0 Å². The summed E-state index contributed by atoms with van der Waals surface area (Å²) in [5.41, 5.74) is 0.827. The molecule has 1 aromatic rings. The first-order chi connectivity index (χ1) is 9.23. The third kappa shape index (κ3) is 2.75. The van der Waals surface area contributed by atoms with Crippen molar-refractivity contribution < 1.29 is 9.53 Å². The standard InChI is InChI=1S/C16H23NO2/c1-3-4-12-17-15(18)16(10-5-11-16)13-6-8-14(19-2)9-7-13/h6-9H,3-5,10-12H2,1-2H3,(H,17,18). The molecule has 0 unspecified atom stereocenters. The van der Waals surface area contributed by atoms with Crippen LogP contribution in [0.25, 0.3) is 0 Å². The van der Waals surface area contributed by atoms with Crippen molar-refractivity contribution in [1.82, 2.24) is 5.32 Å². The van der Waals surface area contributed by atoms with E-state index in [1.165, 1.54) is 0 Å². The molecule has 0 saturated heterocycles. The summed E-state index contributed by atoms with van der Waals surface area (Å²) in [5.74, 6) is 1.03. The molecule has 1 aliphatic rings. The molecule has 2 rings (SSSR count). The van der Waals surface area contributed by atoms with Crippen LogP contribution in [0.1, 0.15) is 44.6 Å². The predicted molar refractivity (Wildman–Crippen MR) is 76.4 cm³/mol. The first-order valence-corrected chi connectivity index (χ1v) is 7.16. The van der Waals surface area contributed by atoms with Crippen molar-refractivity contribution in [1.29, 1.82) is 0 Å². The third-order valence-corrected chi connectivity index (χ3v) is 4.10. The summed E-state index contributed by atoms with van der Waals surface area (Å²) in [5, 5.41) is 3.08. The van der Waals surface area contributed by atoms with Crippen LogP contribution in [0.2, 0.25) is 0 Å². The maximum absolute atomic E-state index is 12.4. The van der Waals surface area contributed by atoms with Crippen molar-refractivity contribution in [3.8, 4) is 5.75 Å². The van der Waals surface area contributed by atoms with Crippen LogP contribution in [0.15, 0.2) is 24.3 Å². The van der Waals surface area contributed by atoms with Gasteiger partial charge in [-0.25, -0.2) is 0 Å². The normalized spacial score (nSPS) is 16.5. The first kappa shape index (κ1) is 13.9. The average Bonchev–Trinajstić information content (AvgIpc) is 2.38. The number of unbranched alkanes of at least 4 members (excludes halogenated alkanes) is 1. The second kappa shape index (κ2) is 6.09. The highest BCUT2D eigenvalue weighted by atomic mass is 16.5. The highest BCUT2D eigenvalue weighted by Crippen LogP contribution is 2.44. The quantitative estimate of drug-likeness (QED) is 0.799. The molecule has 0 bridgehead atoms. The Balaban J connectivity index is 2.10. The zero-order chi connectivity index (χ0) is 13.7. The van der Waals surface area contributed by atoms with Gasteiger partial charge in [0.05, 0.1) is 12.5 Å². The Morgan fingerprint density at radius 2 is 2.00 bits per heavy atom. The SMILES string of the molecule is CCCCNC(=O)C1(c2ccc(OC)cc2)CCC1. The van der Waals surface area contributed by atoms with Gasteiger partial charge in [-0.1, -0.05) is 31.9 Å². The molecule has 1 amide bonds. The summed E-state index contributed by atoms with van der Waals surface area (Å²) < 4.78 is 5.17. The number of carbonyl (C=O) groups excluding carboxylic acids is 1. The van der Waals surface area contributed by atoms with E-state index in [-0.39, 0.29) is 11.3 Å². The second-order valence-electron chi connectivity index (χ2n) is 5.27. The van der Waals surface area contributed by atoms with Crippen molar-refractivity contribution in [3.63, 3.8) is 0 Å². The van der Waals surface area contributed by atoms with Crippen LogP contribution < -0.4 is 10.1 Å². The molecule has 1 aromatic carbocycles. The number of hydrogen-bond donors (Lipinski definition) is 1. The van der Waals surface area contributed by atoms with E-state index in [1.54, 1.807) is 7.11 Å². The molecule has 0 heterocycles. The molecule has 3 heteroatoms. The highest BCUT2D eigenvalue weighted by molar-refractivity contribution is 5.89. The fourth-order valence-electron chi connectivity index (χ4n) is 2.64.